The number of hydrogen-bond donors (Lipinski definition) is 2. The zero-order valence-electron chi connectivity index (χ0n) is 12.9. The first-order valence-corrected chi connectivity index (χ1v) is 7.57. The van der Waals surface area contributed by atoms with Gasteiger partial charge in [0.1, 0.15) is 0 Å². The van der Waals surface area contributed by atoms with E-state index in [0.717, 1.165) is 18.4 Å². The number of rotatable bonds is 6. The van der Waals surface area contributed by atoms with E-state index in [2.05, 4.69) is 5.32 Å². The maximum Gasteiger partial charge on any atom is 0.220 e. The molecule has 0 aliphatic heterocycles. The summed E-state index contributed by atoms with van der Waals surface area (Å²) in [6.07, 6.45) is 3.79. The van der Waals surface area contributed by atoms with Gasteiger partial charge in [-0.1, -0.05) is 12.1 Å². The molecule has 1 aliphatic carbocycles. The van der Waals surface area contributed by atoms with E-state index < -0.39 is 5.54 Å². The van der Waals surface area contributed by atoms with Gasteiger partial charge in [-0.25, -0.2) is 0 Å². The van der Waals surface area contributed by atoms with E-state index in [1.54, 1.807) is 0 Å². The Balaban J connectivity index is 1.89. The Bertz CT molecular complexity index is 550. The van der Waals surface area contributed by atoms with Crippen molar-refractivity contribution in [2.24, 2.45) is 5.73 Å². The van der Waals surface area contributed by atoms with Crippen LogP contribution in [0.1, 0.15) is 54.6 Å². The van der Waals surface area contributed by atoms with Crippen LogP contribution in [-0.2, 0) is 17.6 Å². The molecular weight excluding hydrogens is 264 g/mol. The summed E-state index contributed by atoms with van der Waals surface area (Å²) in [5, 5.41) is 2.84. The number of benzene rings is 1. The van der Waals surface area contributed by atoms with Gasteiger partial charge in [-0.3, -0.25) is 9.59 Å². The van der Waals surface area contributed by atoms with Crippen molar-refractivity contribution in [2.45, 2.75) is 51.5 Å². The zero-order valence-corrected chi connectivity index (χ0v) is 12.9. The molecule has 0 saturated heterocycles. The summed E-state index contributed by atoms with van der Waals surface area (Å²) in [4.78, 5) is 24.0. The predicted octanol–water partition coefficient (Wildman–Crippen LogP) is 1.99. The summed E-state index contributed by atoms with van der Waals surface area (Å²) in [6.45, 7) is 4.11. The molecule has 0 bridgehead atoms. The average Bonchev–Trinajstić information content (AvgIpc) is 2.91. The topological polar surface area (TPSA) is 72.2 Å². The van der Waals surface area contributed by atoms with Crippen LogP contribution in [0.5, 0.6) is 0 Å². The number of nitrogens with one attached hydrogen (secondary N) is 1. The molecule has 1 aromatic carbocycles. The fourth-order valence-corrected chi connectivity index (χ4v) is 2.61. The highest BCUT2D eigenvalue weighted by Crippen LogP contribution is 2.23. The SMILES string of the molecule is CC(C)(CN)NC(=O)CCC(=O)c1ccc2c(c1)CCC2. The molecule has 4 heteroatoms. The Hall–Kier alpha value is -1.68. The average molecular weight is 288 g/mol. The third-order valence-corrected chi connectivity index (χ3v) is 3.99. The highest BCUT2D eigenvalue weighted by Gasteiger charge is 2.19. The van der Waals surface area contributed by atoms with Gasteiger partial charge in [0.15, 0.2) is 5.78 Å². The van der Waals surface area contributed by atoms with E-state index in [-0.39, 0.29) is 24.5 Å². The lowest BCUT2D eigenvalue weighted by atomic mass is 10.0. The van der Waals surface area contributed by atoms with Crippen LogP contribution in [0.25, 0.3) is 0 Å². The van der Waals surface area contributed by atoms with Crippen LogP contribution in [0.4, 0.5) is 0 Å². The van der Waals surface area contributed by atoms with Crippen LogP contribution in [-0.4, -0.2) is 23.8 Å². The Morgan fingerprint density at radius 3 is 2.62 bits per heavy atom. The number of Topliss-reactive ketones (excluding diaryl/α,β-unsaturated/α-hetero) is 1. The van der Waals surface area contributed by atoms with Gasteiger partial charge < -0.3 is 11.1 Å². The molecule has 0 radical (unpaired) electrons. The third-order valence-electron chi connectivity index (χ3n) is 3.99. The highest BCUT2D eigenvalue weighted by atomic mass is 16.2. The first-order valence-electron chi connectivity index (χ1n) is 7.57. The summed E-state index contributed by atoms with van der Waals surface area (Å²) < 4.78 is 0. The molecule has 0 fully saturated rings. The molecule has 0 heterocycles. The van der Waals surface area contributed by atoms with Crippen molar-refractivity contribution in [3.8, 4) is 0 Å². The van der Waals surface area contributed by atoms with Gasteiger partial charge in [-0.2, -0.15) is 0 Å². The molecule has 1 aromatic rings. The number of fused-ring (bicyclic) bond motifs is 1. The Morgan fingerprint density at radius 2 is 1.90 bits per heavy atom. The van der Waals surface area contributed by atoms with Crippen LogP contribution in [0.3, 0.4) is 0 Å². The molecule has 114 valence electrons. The van der Waals surface area contributed by atoms with Gasteiger partial charge in [-0.05, 0) is 50.3 Å². The Morgan fingerprint density at radius 1 is 1.19 bits per heavy atom. The van der Waals surface area contributed by atoms with Crippen molar-refractivity contribution in [1.82, 2.24) is 5.32 Å². The van der Waals surface area contributed by atoms with Gasteiger partial charge in [-0.15, -0.1) is 0 Å². The van der Waals surface area contributed by atoms with Gasteiger partial charge in [0, 0.05) is 30.5 Å². The summed E-state index contributed by atoms with van der Waals surface area (Å²) in [6, 6.07) is 5.92. The summed E-state index contributed by atoms with van der Waals surface area (Å²) in [7, 11) is 0. The number of ketones is 1. The second kappa shape index (κ2) is 6.39. The minimum Gasteiger partial charge on any atom is -0.350 e. The van der Waals surface area contributed by atoms with E-state index in [9.17, 15) is 9.59 Å². The lowest BCUT2D eigenvalue weighted by Gasteiger charge is -2.24. The molecule has 2 rings (SSSR count). The van der Waals surface area contributed by atoms with Gasteiger partial charge in [0.2, 0.25) is 5.91 Å². The van der Waals surface area contributed by atoms with Crippen LogP contribution in [0, 0.1) is 0 Å². The molecule has 0 spiro atoms. The lowest BCUT2D eigenvalue weighted by Crippen LogP contribution is -2.48. The number of amides is 1. The first-order chi connectivity index (χ1) is 9.91. The predicted molar refractivity (Wildman–Crippen MR) is 83.3 cm³/mol. The molecule has 21 heavy (non-hydrogen) atoms. The van der Waals surface area contributed by atoms with Gasteiger partial charge >= 0.3 is 0 Å². The van der Waals surface area contributed by atoms with Crippen molar-refractivity contribution in [3.05, 3.63) is 34.9 Å². The van der Waals surface area contributed by atoms with Crippen LogP contribution >= 0.6 is 0 Å². The van der Waals surface area contributed by atoms with Crippen LogP contribution < -0.4 is 11.1 Å². The first kappa shape index (κ1) is 15.7. The van der Waals surface area contributed by atoms with Crippen molar-refractivity contribution < 1.29 is 9.59 Å². The quantitative estimate of drug-likeness (QED) is 0.786. The van der Waals surface area contributed by atoms with Crippen LogP contribution in [0.2, 0.25) is 0 Å². The molecule has 4 nitrogen and oxygen atoms in total. The van der Waals surface area contributed by atoms with E-state index >= 15 is 0 Å². The second-order valence-electron chi connectivity index (χ2n) is 6.40. The fourth-order valence-electron chi connectivity index (χ4n) is 2.61. The number of hydrogen-bond acceptors (Lipinski definition) is 3. The summed E-state index contributed by atoms with van der Waals surface area (Å²) in [5.74, 6) is -0.0923. The van der Waals surface area contributed by atoms with Crippen molar-refractivity contribution in [2.75, 3.05) is 6.54 Å². The molecule has 0 aromatic heterocycles. The van der Waals surface area contributed by atoms with Crippen molar-refractivity contribution in [3.63, 3.8) is 0 Å². The zero-order chi connectivity index (χ0) is 15.5. The third kappa shape index (κ3) is 4.14. The molecule has 3 N–H and O–H groups in total. The number of carbonyl (C=O) groups is 2. The van der Waals surface area contributed by atoms with E-state index in [0.29, 0.717) is 6.54 Å². The maximum atomic E-state index is 12.2. The van der Waals surface area contributed by atoms with Gasteiger partial charge in [0.25, 0.3) is 0 Å². The van der Waals surface area contributed by atoms with Crippen molar-refractivity contribution in [1.29, 1.82) is 0 Å². The smallest absolute Gasteiger partial charge is 0.220 e. The Kier molecular flexibility index (Phi) is 4.78. The number of carbonyl (C=O) groups excluding carboxylic acids is 2. The number of aryl methyl sites for hydroxylation is 2. The molecule has 1 amide bonds. The summed E-state index contributed by atoms with van der Waals surface area (Å²) in [5.41, 5.74) is 8.51. The minimum absolute atomic E-state index is 0.0328. The Labute approximate surface area is 126 Å². The molecular formula is C17H24N2O2. The van der Waals surface area contributed by atoms with Gasteiger partial charge in [0.05, 0.1) is 0 Å². The largest absolute Gasteiger partial charge is 0.350 e. The minimum atomic E-state index is -0.423. The lowest BCUT2D eigenvalue weighted by molar-refractivity contribution is -0.122. The second-order valence-corrected chi connectivity index (χ2v) is 6.40. The maximum absolute atomic E-state index is 12.2. The normalized spacial score (nSPS) is 13.9. The van der Waals surface area contributed by atoms with E-state index in [1.807, 2.05) is 32.0 Å². The molecule has 0 saturated carbocycles. The van der Waals surface area contributed by atoms with E-state index in [1.165, 1.54) is 17.5 Å². The highest BCUT2D eigenvalue weighted by molar-refractivity contribution is 5.98. The fraction of sp³-hybridized carbons (Fsp3) is 0.529. The molecule has 0 atom stereocenters. The number of nitrogens with two attached hydrogens (primary N) is 1. The monoisotopic (exact) mass is 288 g/mol. The van der Waals surface area contributed by atoms with Crippen molar-refractivity contribution >= 4 is 11.7 Å². The van der Waals surface area contributed by atoms with Crippen LogP contribution in [0.15, 0.2) is 18.2 Å². The summed E-state index contributed by atoms with van der Waals surface area (Å²) >= 11 is 0. The molecule has 1 aliphatic rings. The standard InChI is InChI=1S/C17H24N2O2/c1-17(2,11-18)19-16(21)9-8-15(20)14-7-6-12-4-3-5-13(12)10-14/h6-7,10H,3-5,8-9,11,18H2,1-2H3,(H,19,21). The molecule has 0 unspecified atom stereocenters. The van der Waals surface area contributed by atoms with E-state index in [4.69, 9.17) is 5.73 Å².